The average Bonchev–Trinajstić information content (AvgIpc) is 3.09. The number of carbonyl (C=O) groups excluding carboxylic acids is 1. The van der Waals surface area contributed by atoms with E-state index in [1.54, 1.807) is 19.2 Å². The first kappa shape index (κ1) is 17.7. The zero-order valence-electron chi connectivity index (χ0n) is 15.6. The van der Waals surface area contributed by atoms with Crippen molar-refractivity contribution in [2.45, 2.75) is 6.04 Å². The van der Waals surface area contributed by atoms with Crippen LogP contribution in [0, 0.1) is 17.2 Å². The molecular formula is C20H18N4O4. The second kappa shape index (κ2) is 6.78. The molecule has 1 aromatic heterocycles. The van der Waals surface area contributed by atoms with E-state index < -0.39 is 17.9 Å². The first-order valence-corrected chi connectivity index (χ1v) is 8.60. The summed E-state index contributed by atoms with van der Waals surface area (Å²) < 4.78 is 18.3. The van der Waals surface area contributed by atoms with Crippen LogP contribution in [-0.4, -0.2) is 36.8 Å². The van der Waals surface area contributed by atoms with Crippen LogP contribution in [0.4, 0.5) is 5.95 Å². The minimum Gasteiger partial charge on any atom is -0.497 e. The van der Waals surface area contributed by atoms with Gasteiger partial charge in [-0.15, -0.1) is 0 Å². The number of hydrogen-bond donors (Lipinski definition) is 1. The van der Waals surface area contributed by atoms with Gasteiger partial charge in [0.15, 0.2) is 17.4 Å². The molecule has 2 heterocycles. The Morgan fingerprint density at radius 3 is 2.61 bits per heavy atom. The number of aromatic nitrogens is 2. The van der Waals surface area contributed by atoms with Gasteiger partial charge in [0.1, 0.15) is 5.75 Å². The molecule has 8 heteroatoms. The van der Waals surface area contributed by atoms with Crippen molar-refractivity contribution in [3.8, 4) is 23.3 Å². The van der Waals surface area contributed by atoms with Gasteiger partial charge in [-0.3, -0.25) is 10.1 Å². The summed E-state index contributed by atoms with van der Waals surface area (Å²) in [7, 11) is 4.58. The fourth-order valence-electron chi connectivity index (χ4n) is 3.65. The van der Waals surface area contributed by atoms with Crippen molar-refractivity contribution in [3.05, 3.63) is 42.0 Å². The van der Waals surface area contributed by atoms with Crippen LogP contribution in [0.15, 0.2) is 36.4 Å². The Labute approximate surface area is 161 Å². The number of nitrogens with zero attached hydrogens (tertiary/aromatic N) is 3. The van der Waals surface area contributed by atoms with E-state index in [-0.39, 0.29) is 0 Å². The SMILES string of the molecule is COc1cc(OC)c(OC)c([C@@H]2[C@@H](C#N)C(=O)Nc3nc4ccccc4n32)c1. The predicted octanol–water partition coefficient (Wildman–Crippen LogP) is 2.74. The van der Waals surface area contributed by atoms with Crippen molar-refractivity contribution >= 4 is 22.9 Å². The quantitative estimate of drug-likeness (QED) is 0.750. The molecule has 142 valence electrons. The zero-order valence-corrected chi connectivity index (χ0v) is 15.6. The lowest BCUT2D eigenvalue weighted by Gasteiger charge is -2.31. The lowest BCUT2D eigenvalue weighted by atomic mass is 9.90. The van der Waals surface area contributed by atoms with E-state index >= 15 is 0 Å². The zero-order chi connectivity index (χ0) is 19.8. The average molecular weight is 378 g/mol. The molecule has 0 unspecified atom stereocenters. The highest BCUT2D eigenvalue weighted by molar-refractivity contribution is 5.97. The van der Waals surface area contributed by atoms with Gasteiger partial charge in [-0.05, 0) is 18.2 Å². The standard InChI is InChI=1S/C20H18N4O4/c1-26-11-8-12(18(28-3)16(9-11)27-2)17-13(10-21)19(25)23-20-22-14-6-4-5-7-15(14)24(17)20/h4-9,13,17H,1-3H3,(H,22,23,25)/t13-,17-/m1/s1. The minimum atomic E-state index is -0.990. The van der Waals surface area contributed by atoms with Crippen LogP contribution >= 0.6 is 0 Å². The lowest BCUT2D eigenvalue weighted by molar-refractivity contribution is -0.119. The molecule has 1 amide bonds. The normalized spacial score (nSPS) is 18.1. The smallest absolute Gasteiger partial charge is 0.246 e. The summed E-state index contributed by atoms with van der Waals surface area (Å²) in [6.45, 7) is 0. The fourth-order valence-corrected chi connectivity index (χ4v) is 3.65. The number of methoxy groups -OCH3 is 3. The summed E-state index contributed by atoms with van der Waals surface area (Å²) in [5, 5.41) is 12.5. The molecule has 4 rings (SSSR count). The molecule has 0 spiro atoms. The van der Waals surface area contributed by atoms with Crippen LogP contribution in [0.1, 0.15) is 11.6 Å². The Bertz CT molecular complexity index is 1120. The molecule has 8 nitrogen and oxygen atoms in total. The molecule has 0 radical (unpaired) electrons. The number of amides is 1. The first-order valence-electron chi connectivity index (χ1n) is 8.60. The number of para-hydroxylation sites is 2. The van der Waals surface area contributed by atoms with E-state index in [1.165, 1.54) is 14.2 Å². The number of benzene rings is 2. The van der Waals surface area contributed by atoms with Gasteiger partial charge in [-0.2, -0.15) is 5.26 Å². The molecule has 1 aliphatic rings. The highest BCUT2D eigenvalue weighted by Crippen LogP contribution is 2.46. The van der Waals surface area contributed by atoms with Crippen LogP contribution in [0.3, 0.4) is 0 Å². The number of nitrogens with one attached hydrogen (secondary N) is 1. The molecule has 2 atom stereocenters. The monoisotopic (exact) mass is 378 g/mol. The van der Waals surface area contributed by atoms with Crippen molar-refractivity contribution in [3.63, 3.8) is 0 Å². The van der Waals surface area contributed by atoms with Gasteiger partial charge in [0.2, 0.25) is 11.9 Å². The van der Waals surface area contributed by atoms with Gasteiger partial charge in [0, 0.05) is 11.6 Å². The number of nitriles is 1. The maximum absolute atomic E-state index is 12.7. The number of fused-ring (bicyclic) bond motifs is 3. The van der Waals surface area contributed by atoms with E-state index in [0.29, 0.717) is 28.8 Å². The van der Waals surface area contributed by atoms with Crippen LogP contribution in [0.25, 0.3) is 11.0 Å². The van der Waals surface area contributed by atoms with Gasteiger partial charge >= 0.3 is 0 Å². The van der Waals surface area contributed by atoms with Crippen molar-refractivity contribution in [1.82, 2.24) is 9.55 Å². The third kappa shape index (κ3) is 2.52. The van der Waals surface area contributed by atoms with Gasteiger partial charge in [0.05, 0.1) is 44.5 Å². The van der Waals surface area contributed by atoms with Gasteiger partial charge in [0.25, 0.3) is 0 Å². The molecule has 2 aromatic carbocycles. The van der Waals surface area contributed by atoms with Crippen molar-refractivity contribution in [1.29, 1.82) is 5.26 Å². The van der Waals surface area contributed by atoms with Crippen molar-refractivity contribution in [2.75, 3.05) is 26.6 Å². The van der Waals surface area contributed by atoms with Crippen LogP contribution < -0.4 is 19.5 Å². The van der Waals surface area contributed by atoms with E-state index in [0.717, 1.165) is 11.0 Å². The lowest BCUT2D eigenvalue weighted by Crippen LogP contribution is -2.37. The molecule has 1 N–H and O–H groups in total. The van der Waals surface area contributed by atoms with E-state index in [4.69, 9.17) is 14.2 Å². The summed E-state index contributed by atoms with van der Waals surface area (Å²) in [6, 6.07) is 12.4. The molecule has 0 fully saturated rings. The maximum Gasteiger partial charge on any atom is 0.246 e. The van der Waals surface area contributed by atoms with E-state index in [2.05, 4.69) is 16.4 Å². The third-order valence-electron chi connectivity index (χ3n) is 4.88. The summed E-state index contributed by atoms with van der Waals surface area (Å²) in [4.78, 5) is 17.2. The van der Waals surface area contributed by atoms with Crippen molar-refractivity contribution in [2.24, 2.45) is 5.92 Å². The molecule has 1 aliphatic heterocycles. The highest BCUT2D eigenvalue weighted by Gasteiger charge is 2.41. The second-order valence-electron chi connectivity index (χ2n) is 6.29. The fraction of sp³-hybridized carbons (Fsp3) is 0.250. The van der Waals surface area contributed by atoms with Gasteiger partial charge in [-0.1, -0.05) is 12.1 Å². The topological polar surface area (TPSA) is 98.4 Å². The van der Waals surface area contributed by atoms with Crippen molar-refractivity contribution < 1.29 is 19.0 Å². The number of rotatable bonds is 4. The number of hydrogen-bond acceptors (Lipinski definition) is 6. The van der Waals surface area contributed by atoms with Crippen LogP contribution in [0.2, 0.25) is 0 Å². The molecule has 0 saturated heterocycles. The van der Waals surface area contributed by atoms with Crippen LogP contribution in [-0.2, 0) is 4.79 Å². The maximum atomic E-state index is 12.7. The number of imidazole rings is 1. The third-order valence-corrected chi connectivity index (χ3v) is 4.88. The largest absolute Gasteiger partial charge is 0.497 e. The molecule has 0 bridgehead atoms. The number of ether oxygens (including phenoxy) is 3. The van der Waals surface area contributed by atoms with Gasteiger partial charge in [-0.25, -0.2) is 4.98 Å². The molecule has 28 heavy (non-hydrogen) atoms. The molecule has 3 aromatic rings. The highest BCUT2D eigenvalue weighted by atomic mass is 16.5. The summed E-state index contributed by atoms with van der Waals surface area (Å²) >= 11 is 0. The van der Waals surface area contributed by atoms with Crippen LogP contribution in [0.5, 0.6) is 17.2 Å². The van der Waals surface area contributed by atoms with E-state index in [9.17, 15) is 10.1 Å². The Balaban J connectivity index is 2.06. The Morgan fingerprint density at radius 2 is 1.93 bits per heavy atom. The summed E-state index contributed by atoms with van der Waals surface area (Å²) in [5.41, 5.74) is 2.12. The minimum absolute atomic E-state index is 0.381. The van der Waals surface area contributed by atoms with E-state index in [1.807, 2.05) is 28.8 Å². The Hall–Kier alpha value is -3.73. The molecule has 0 saturated carbocycles. The molecular weight excluding hydrogens is 360 g/mol. The number of carbonyl (C=O) groups is 1. The van der Waals surface area contributed by atoms with Gasteiger partial charge < -0.3 is 18.8 Å². The summed E-state index contributed by atoms with van der Waals surface area (Å²) in [6.07, 6.45) is 0. The Kier molecular flexibility index (Phi) is 4.28. The summed E-state index contributed by atoms with van der Waals surface area (Å²) in [5.74, 6) is 0.389. The second-order valence-corrected chi connectivity index (χ2v) is 6.29. The number of anilines is 1. The first-order chi connectivity index (χ1) is 13.6. The predicted molar refractivity (Wildman–Crippen MR) is 102 cm³/mol. The Morgan fingerprint density at radius 1 is 1.14 bits per heavy atom. The molecule has 0 aliphatic carbocycles.